The molecule has 1 aromatic carbocycles. The van der Waals surface area contributed by atoms with E-state index in [1.54, 1.807) is 6.20 Å². The van der Waals surface area contributed by atoms with Crippen LogP contribution in [0, 0.1) is 11.8 Å². The first-order chi connectivity index (χ1) is 19.3. The van der Waals surface area contributed by atoms with Crippen LogP contribution in [0.5, 0.6) is 5.75 Å². The summed E-state index contributed by atoms with van der Waals surface area (Å²) in [5.41, 5.74) is 0.961. The van der Waals surface area contributed by atoms with Gasteiger partial charge in [0.25, 0.3) is 0 Å². The van der Waals surface area contributed by atoms with E-state index in [4.69, 9.17) is 9.72 Å². The molecule has 40 heavy (non-hydrogen) atoms. The quantitative estimate of drug-likeness (QED) is 0.448. The smallest absolute Gasteiger partial charge is 0.225 e. The molecule has 1 aliphatic carbocycles. The summed E-state index contributed by atoms with van der Waals surface area (Å²) >= 11 is 0. The summed E-state index contributed by atoms with van der Waals surface area (Å²) in [5.74, 6) is 2.99. The molecule has 3 aliphatic rings. The van der Waals surface area contributed by atoms with E-state index in [1.165, 1.54) is 0 Å². The third kappa shape index (κ3) is 5.95. The summed E-state index contributed by atoms with van der Waals surface area (Å²) in [4.78, 5) is 24.3. The van der Waals surface area contributed by atoms with Gasteiger partial charge in [0.05, 0.1) is 23.6 Å². The summed E-state index contributed by atoms with van der Waals surface area (Å²) in [6.07, 6.45) is 7.99. The predicted molar refractivity (Wildman–Crippen MR) is 155 cm³/mol. The lowest BCUT2D eigenvalue weighted by molar-refractivity contribution is -0.137. The summed E-state index contributed by atoms with van der Waals surface area (Å²) in [6, 6.07) is 10.4. The molecule has 0 spiro atoms. The molecular formula is C29H38N6O4S. The van der Waals surface area contributed by atoms with Crippen LogP contribution in [0.25, 0.3) is 16.7 Å². The maximum absolute atomic E-state index is 13.0. The van der Waals surface area contributed by atoms with E-state index < -0.39 is 9.84 Å². The Morgan fingerprint density at radius 3 is 2.77 bits per heavy atom. The maximum Gasteiger partial charge on any atom is 0.225 e. The van der Waals surface area contributed by atoms with E-state index in [0.29, 0.717) is 30.9 Å². The Balaban J connectivity index is 1.08. The zero-order valence-corrected chi connectivity index (χ0v) is 23.8. The van der Waals surface area contributed by atoms with Gasteiger partial charge in [0, 0.05) is 61.3 Å². The van der Waals surface area contributed by atoms with Crippen LogP contribution >= 0.6 is 0 Å². The van der Waals surface area contributed by atoms with Crippen molar-refractivity contribution in [1.82, 2.24) is 24.8 Å². The van der Waals surface area contributed by atoms with Gasteiger partial charge in [0.1, 0.15) is 11.6 Å². The highest BCUT2D eigenvalue weighted by Crippen LogP contribution is 2.31. The van der Waals surface area contributed by atoms with Gasteiger partial charge < -0.3 is 24.8 Å². The first-order valence-electron chi connectivity index (χ1n) is 14.4. The molecule has 2 N–H and O–H groups in total. The van der Waals surface area contributed by atoms with Gasteiger partial charge in [0.2, 0.25) is 11.9 Å². The number of hydrogen-bond acceptors (Lipinski definition) is 8. The summed E-state index contributed by atoms with van der Waals surface area (Å²) in [7, 11) is -2.93. The molecule has 2 saturated heterocycles. The lowest BCUT2D eigenvalue weighted by Crippen LogP contribution is -2.53. The molecule has 1 unspecified atom stereocenters. The Bertz CT molecular complexity index is 1470. The Morgan fingerprint density at radius 1 is 1.15 bits per heavy atom. The second-order valence-electron chi connectivity index (χ2n) is 11.5. The Hall–Kier alpha value is -3.18. The average Bonchev–Trinajstić information content (AvgIpc) is 3.55. The highest BCUT2D eigenvalue weighted by atomic mass is 32.2. The number of carbonyl (C=O) groups is 1. The molecule has 1 amide bonds. The molecule has 214 valence electrons. The largest absolute Gasteiger partial charge is 0.493 e. The van der Waals surface area contributed by atoms with E-state index in [1.807, 2.05) is 46.0 Å². The highest BCUT2D eigenvalue weighted by Gasteiger charge is 2.31. The molecule has 3 fully saturated rings. The van der Waals surface area contributed by atoms with E-state index in [9.17, 15) is 13.2 Å². The van der Waals surface area contributed by atoms with Gasteiger partial charge >= 0.3 is 0 Å². The third-order valence-electron chi connectivity index (χ3n) is 8.47. The van der Waals surface area contributed by atoms with Gasteiger partial charge in [0.15, 0.2) is 9.84 Å². The standard InChI is InChI=1S/C29H38N6O4S/c1-20-17-34(15-13-30-20)28(36)22-5-7-23(8-6-22)32-29-31-12-9-27(33-29)35-14-10-24-25(35)3-2-4-26(24)39-18-21-11-16-40(37,38)19-21/h2-4,9-10,12,14,20-23,30H,5-8,11,13,15-19H2,1H3,(H,31,32,33)/t20-,21?,22?,23?/m0/s1. The van der Waals surface area contributed by atoms with Crippen molar-refractivity contribution in [3.05, 3.63) is 42.7 Å². The molecule has 0 radical (unpaired) electrons. The van der Waals surface area contributed by atoms with Crippen LogP contribution in [0.15, 0.2) is 42.7 Å². The van der Waals surface area contributed by atoms with Crippen LogP contribution in [0.4, 0.5) is 5.95 Å². The van der Waals surface area contributed by atoms with Crippen molar-refractivity contribution in [3.8, 4) is 11.6 Å². The van der Waals surface area contributed by atoms with Crippen LogP contribution in [0.2, 0.25) is 0 Å². The molecule has 4 heterocycles. The topological polar surface area (TPSA) is 118 Å². The lowest BCUT2D eigenvalue weighted by Gasteiger charge is -2.36. The number of ether oxygens (including phenoxy) is 1. The van der Waals surface area contributed by atoms with E-state index in [2.05, 4.69) is 22.5 Å². The molecule has 2 aliphatic heterocycles. The fourth-order valence-corrected chi connectivity index (χ4v) is 8.13. The molecular weight excluding hydrogens is 528 g/mol. The van der Waals surface area contributed by atoms with E-state index >= 15 is 0 Å². The highest BCUT2D eigenvalue weighted by molar-refractivity contribution is 7.91. The number of benzene rings is 1. The van der Waals surface area contributed by atoms with Crippen LogP contribution in [-0.4, -0.2) is 83.6 Å². The number of carbonyl (C=O) groups excluding carboxylic acids is 1. The Kier molecular flexibility index (Phi) is 7.67. The van der Waals surface area contributed by atoms with E-state index in [0.717, 1.165) is 67.8 Å². The minimum atomic E-state index is -2.93. The molecule has 6 rings (SSSR count). The minimum Gasteiger partial charge on any atom is -0.493 e. The fraction of sp³-hybridized carbons (Fsp3) is 0.552. The maximum atomic E-state index is 13.0. The van der Waals surface area contributed by atoms with Gasteiger partial charge in [-0.25, -0.2) is 13.4 Å². The molecule has 10 nitrogen and oxygen atoms in total. The minimum absolute atomic E-state index is 0.0387. The number of piperazine rings is 1. The third-order valence-corrected chi connectivity index (χ3v) is 10.3. The predicted octanol–water partition coefficient (Wildman–Crippen LogP) is 3.03. The number of sulfone groups is 1. The first kappa shape index (κ1) is 27.0. The Morgan fingerprint density at radius 2 is 2.00 bits per heavy atom. The monoisotopic (exact) mass is 566 g/mol. The SMILES string of the molecule is C[C@H]1CN(C(=O)C2CCC(Nc3nccc(-n4ccc5c(OCC6CCS(=O)(=O)C6)cccc54)n3)CC2)CCN1. The molecule has 0 bridgehead atoms. The number of nitrogens with zero attached hydrogens (tertiary/aromatic N) is 4. The number of aromatic nitrogens is 3. The van der Waals surface area contributed by atoms with Crippen molar-refractivity contribution in [2.45, 2.75) is 51.1 Å². The van der Waals surface area contributed by atoms with Crippen molar-refractivity contribution < 1.29 is 17.9 Å². The number of amides is 1. The van der Waals surface area contributed by atoms with Crippen molar-refractivity contribution in [3.63, 3.8) is 0 Å². The molecule has 2 atom stereocenters. The number of fused-ring (bicyclic) bond motifs is 1. The van der Waals surface area contributed by atoms with Crippen LogP contribution in [-0.2, 0) is 14.6 Å². The first-order valence-corrected chi connectivity index (χ1v) is 16.2. The zero-order valence-electron chi connectivity index (χ0n) is 23.0. The van der Waals surface area contributed by atoms with Crippen molar-refractivity contribution >= 4 is 32.6 Å². The van der Waals surface area contributed by atoms with Crippen LogP contribution in [0.3, 0.4) is 0 Å². The number of hydrogen-bond donors (Lipinski definition) is 2. The molecule has 3 aromatic rings. The zero-order chi connectivity index (χ0) is 27.7. The summed E-state index contributed by atoms with van der Waals surface area (Å²) < 4.78 is 31.7. The van der Waals surface area contributed by atoms with Crippen molar-refractivity contribution in [2.24, 2.45) is 11.8 Å². The van der Waals surface area contributed by atoms with Gasteiger partial charge in [-0.3, -0.25) is 4.79 Å². The second-order valence-corrected chi connectivity index (χ2v) is 13.8. The summed E-state index contributed by atoms with van der Waals surface area (Å²) in [5, 5.41) is 7.86. The van der Waals surface area contributed by atoms with Crippen molar-refractivity contribution in [1.29, 1.82) is 0 Å². The molecule has 1 saturated carbocycles. The fourth-order valence-electron chi connectivity index (χ4n) is 6.29. The van der Waals surface area contributed by atoms with Crippen molar-refractivity contribution in [2.75, 3.05) is 43.1 Å². The Labute approximate surface area is 235 Å². The number of nitrogens with one attached hydrogen (secondary N) is 2. The molecule has 2 aromatic heterocycles. The van der Waals surface area contributed by atoms with Gasteiger partial charge in [-0.2, -0.15) is 4.98 Å². The lowest BCUT2D eigenvalue weighted by atomic mass is 9.85. The average molecular weight is 567 g/mol. The van der Waals surface area contributed by atoms with Gasteiger partial charge in [-0.15, -0.1) is 0 Å². The number of rotatable bonds is 7. The van der Waals surface area contributed by atoms with Crippen LogP contribution in [0.1, 0.15) is 39.0 Å². The van der Waals surface area contributed by atoms with Gasteiger partial charge in [-0.1, -0.05) is 6.07 Å². The molecule has 11 heteroatoms. The van der Waals surface area contributed by atoms with Gasteiger partial charge in [-0.05, 0) is 63.3 Å². The number of anilines is 1. The van der Waals surface area contributed by atoms with Crippen LogP contribution < -0.4 is 15.4 Å². The van der Waals surface area contributed by atoms with E-state index in [-0.39, 0.29) is 29.4 Å². The summed E-state index contributed by atoms with van der Waals surface area (Å²) in [6.45, 7) is 4.99. The second kappa shape index (κ2) is 11.4. The normalized spacial score (nSPS) is 26.6.